The standard InChI is InChI=1S/C22H28N2O/c1-17-7-6-8-18(2)22(17)23-16-21(25)24-13-11-20(12-14-24)15-19-9-4-3-5-10-19/h3-10,20,23H,11-16H2,1-2H3. The molecule has 0 aromatic heterocycles. The molecule has 3 rings (SSSR count). The SMILES string of the molecule is Cc1cccc(C)c1NCC(=O)N1CCC(Cc2ccccc2)CC1. The van der Waals surface area contributed by atoms with E-state index in [4.69, 9.17) is 0 Å². The molecule has 0 atom stereocenters. The van der Waals surface area contributed by atoms with Crippen molar-refractivity contribution in [2.45, 2.75) is 33.1 Å². The van der Waals surface area contributed by atoms with Gasteiger partial charge < -0.3 is 10.2 Å². The van der Waals surface area contributed by atoms with Crippen LogP contribution in [0.5, 0.6) is 0 Å². The minimum absolute atomic E-state index is 0.209. The van der Waals surface area contributed by atoms with Crippen LogP contribution in [0.2, 0.25) is 0 Å². The number of aryl methyl sites for hydroxylation is 2. The number of rotatable bonds is 5. The van der Waals surface area contributed by atoms with E-state index < -0.39 is 0 Å². The van der Waals surface area contributed by atoms with Crippen molar-refractivity contribution in [1.82, 2.24) is 4.90 Å². The Hall–Kier alpha value is -2.29. The average Bonchev–Trinajstić information content (AvgIpc) is 2.62. The molecule has 1 aliphatic rings. The summed E-state index contributed by atoms with van der Waals surface area (Å²) in [7, 11) is 0. The van der Waals surface area contributed by atoms with Crippen LogP contribution in [-0.2, 0) is 11.2 Å². The molecule has 1 heterocycles. The van der Waals surface area contributed by atoms with Gasteiger partial charge in [0, 0.05) is 18.8 Å². The van der Waals surface area contributed by atoms with Crippen molar-refractivity contribution in [3.8, 4) is 0 Å². The Morgan fingerprint density at radius 3 is 2.28 bits per heavy atom. The highest BCUT2D eigenvalue weighted by molar-refractivity contribution is 5.81. The molecule has 0 bridgehead atoms. The van der Waals surface area contributed by atoms with E-state index in [0.717, 1.165) is 38.0 Å². The number of benzene rings is 2. The van der Waals surface area contributed by atoms with E-state index in [1.807, 2.05) is 4.90 Å². The molecule has 2 aromatic rings. The first-order valence-electron chi connectivity index (χ1n) is 9.25. The predicted molar refractivity (Wildman–Crippen MR) is 104 cm³/mol. The number of likely N-dealkylation sites (tertiary alicyclic amines) is 1. The second kappa shape index (κ2) is 8.19. The van der Waals surface area contributed by atoms with Gasteiger partial charge in [-0.05, 0) is 55.7 Å². The van der Waals surface area contributed by atoms with Crippen LogP contribution in [-0.4, -0.2) is 30.4 Å². The lowest BCUT2D eigenvalue weighted by Crippen LogP contribution is -2.41. The maximum absolute atomic E-state index is 12.5. The predicted octanol–water partition coefficient (Wildman–Crippen LogP) is 4.20. The first-order chi connectivity index (χ1) is 12.1. The van der Waals surface area contributed by atoms with Gasteiger partial charge in [0.1, 0.15) is 0 Å². The molecule has 0 radical (unpaired) electrons. The van der Waals surface area contributed by atoms with E-state index in [2.05, 4.69) is 67.7 Å². The van der Waals surface area contributed by atoms with Crippen molar-refractivity contribution in [2.75, 3.05) is 25.0 Å². The fraction of sp³-hybridized carbons (Fsp3) is 0.409. The lowest BCUT2D eigenvalue weighted by molar-refractivity contribution is -0.130. The number of carbonyl (C=O) groups is 1. The summed E-state index contributed by atoms with van der Waals surface area (Å²) in [5.41, 5.74) is 4.88. The Kier molecular flexibility index (Phi) is 5.75. The molecule has 1 saturated heterocycles. The molecule has 1 aliphatic heterocycles. The van der Waals surface area contributed by atoms with Crippen molar-refractivity contribution in [3.63, 3.8) is 0 Å². The summed E-state index contributed by atoms with van der Waals surface area (Å²) in [6.45, 7) is 6.30. The van der Waals surface area contributed by atoms with Gasteiger partial charge in [0.2, 0.25) is 5.91 Å². The molecule has 1 amide bonds. The molecule has 0 spiro atoms. The number of amides is 1. The maximum Gasteiger partial charge on any atom is 0.241 e. The molecule has 0 unspecified atom stereocenters. The van der Waals surface area contributed by atoms with Gasteiger partial charge in [0.15, 0.2) is 0 Å². The monoisotopic (exact) mass is 336 g/mol. The molecule has 0 saturated carbocycles. The molecular formula is C22H28N2O. The van der Waals surface area contributed by atoms with Gasteiger partial charge in [-0.25, -0.2) is 0 Å². The van der Waals surface area contributed by atoms with Crippen LogP contribution in [0.25, 0.3) is 0 Å². The fourth-order valence-corrected chi connectivity index (χ4v) is 3.70. The topological polar surface area (TPSA) is 32.3 Å². The zero-order chi connectivity index (χ0) is 17.6. The van der Waals surface area contributed by atoms with Gasteiger partial charge >= 0.3 is 0 Å². The Balaban J connectivity index is 1.47. The summed E-state index contributed by atoms with van der Waals surface area (Å²) in [5, 5.41) is 3.34. The van der Waals surface area contributed by atoms with Gasteiger partial charge in [-0.2, -0.15) is 0 Å². The summed E-state index contributed by atoms with van der Waals surface area (Å²) >= 11 is 0. The maximum atomic E-state index is 12.5. The van der Waals surface area contributed by atoms with Gasteiger partial charge in [-0.15, -0.1) is 0 Å². The summed E-state index contributed by atoms with van der Waals surface area (Å²) in [6, 6.07) is 16.9. The highest BCUT2D eigenvalue weighted by Crippen LogP contribution is 2.22. The smallest absolute Gasteiger partial charge is 0.241 e. The number of anilines is 1. The van der Waals surface area contributed by atoms with E-state index in [-0.39, 0.29) is 5.91 Å². The third-order valence-electron chi connectivity index (χ3n) is 5.23. The van der Waals surface area contributed by atoms with Gasteiger partial charge in [-0.1, -0.05) is 48.5 Å². The van der Waals surface area contributed by atoms with Gasteiger partial charge in [0.25, 0.3) is 0 Å². The summed E-state index contributed by atoms with van der Waals surface area (Å²) in [4.78, 5) is 14.5. The quantitative estimate of drug-likeness (QED) is 0.887. The molecule has 132 valence electrons. The Bertz CT molecular complexity index is 683. The third kappa shape index (κ3) is 4.62. The second-order valence-corrected chi connectivity index (χ2v) is 7.13. The molecule has 2 aromatic carbocycles. The molecule has 3 nitrogen and oxygen atoms in total. The Morgan fingerprint density at radius 2 is 1.64 bits per heavy atom. The Labute approximate surface area is 151 Å². The van der Waals surface area contributed by atoms with Crippen LogP contribution < -0.4 is 5.32 Å². The number of piperidine rings is 1. The second-order valence-electron chi connectivity index (χ2n) is 7.13. The highest BCUT2D eigenvalue weighted by atomic mass is 16.2. The van der Waals surface area contributed by atoms with Crippen molar-refractivity contribution in [2.24, 2.45) is 5.92 Å². The molecule has 3 heteroatoms. The minimum atomic E-state index is 0.209. The van der Waals surface area contributed by atoms with Crippen molar-refractivity contribution in [3.05, 3.63) is 65.2 Å². The van der Waals surface area contributed by atoms with Crippen LogP contribution in [0, 0.1) is 19.8 Å². The molecule has 25 heavy (non-hydrogen) atoms. The number of carbonyl (C=O) groups excluding carboxylic acids is 1. The molecule has 1 fully saturated rings. The summed E-state index contributed by atoms with van der Waals surface area (Å²) < 4.78 is 0. The Morgan fingerprint density at radius 1 is 1.00 bits per heavy atom. The van der Waals surface area contributed by atoms with Crippen LogP contribution in [0.4, 0.5) is 5.69 Å². The van der Waals surface area contributed by atoms with Gasteiger partial charge in [0.05, 0.1) is 6.54 Å². The number of nitrogens with one attached hydrogen (secondary N) is 1. The number of nitrogens with zero attached hydrogens (tertiary/aromatic N) is 1. The first kappa shape index (κ1) is 17.5. The van der Waals surface area contributed by atoms with E-state index in [1.165, 1.54) is 16.7 Å². The first-order valence-corrected chi connectivity index (χ1v) is 9.25. The van der Waals surface area contributed by atoms with E-state index in [0.29, 0.717) is 12.5 Å². The lowest BCUT2D eigenvalue weighted by Gasteiger charge is -2.32. The van der Waals surface area contributed by atoms with Crippen LogP contribution in [0.1, 0.15) is 29.5 Å². The van der Waals surface area contributed by atoms with E-state index in [9.17, 15) is 4.79 Å². The average molecular weight is 336 g/mol. The van der Waals surface area contributed by atoms with Crippen LogP contribution in [0.3, 0.4) is 0 Å². The van der Waals surface area contributed by atoms with Crippen molar-refractivity contribution in [1.29, 1.82) is 0 Å². The fourth-order valence-electron chi connectivity index (χ4n) is 3.70. The number of para-hydroxylation sites is 1. The van der Waals surface area contributed by atoms with Crippen molar-refractivity contribution >= 4 is 11.6 Å². The highest BCUT2D eigenvalue weighted by Gasteiger charge is 2.22. The molecule has 0 aliphatic carbocycles. The van der Waals surface area contributed by atoms with Gasteiger partial charge in [-0.3, -0.25) is 4.79 Å². The van der Waals surface area contributed by atoms with E-state index in [1.54, 1.807) is 0 Å². The normalized spacial score (nSPS) is 15.2. The summed E-state index contributed by atoms with van der Waals surface area (Å²) in [5.74, 6) is 0.902. The third-order valence-corrected chi connectivity index (χ3v) is 5.23. The van der Waals surface area contributed by atoms with Crippen LogP contribution in [0.15, 0.2) is 48.5 Å². The summed E-state index contributed by atoms with van der Waals surface area (Å²) in [6.07, 6.45) is 3.33. The number of hydrogen-bond acceptors (Lipinski definition) is 2. The van der Waals surface area contributed by atoms with Crippen molar-refractivity contribution < 1.29 is 4.79 Å². The largest absolute Gasteiger partial charge is 0.376 e. The number of hydrogen-bond donors (Lipinski definition) is 1. The zero-order valence-electron chi connectivity index (χ0n) is 15.3. The zero-order valence-corrected chi connectivity index (χ0v) is 15.3. The minimum Gasteiger partial charge on any atom is -0.376 e. The molecule has 1 N–H and O–H groups in total. The molecular weight excluding hydrogens is 308 g/mol. The van der Waals surface area contributed by atoms with E-state index >= 15 is 0 Å². The lowest BCUT2D eigenvalue weighted by atomic mass is 9.90. The van der Waals surface area contributed by atoms with Crippen LogP contribution >= 0.6 is 0 Å².